The maximum absolute atomic E-state index is 12.6. The lowest BCUT2D eigenvalue weighted by molar-refractivity contribution is -0.127. The minimum atomic E-state index is -0.391. The van der Waals surface area contributed by atoms with Gasteiger partial charge in [0.2, 0.25) is 5.91 Å². The highest BCUT2D eigenvalue weighted by molar-refractivity contribution is 7.20. The fraction of sp³-hybridized carbons (Fsp3) is 0.357. The molecule has 3 heterocycles. The lowest BCUT2D eigenvalue weighted by Crippen LogP contribution is -2.56. The number of carbonyl (C=O) groups is 2. The van der Waals surface area contributed by atoms with Gasteiger partial charge in [0.05, 0.1) is 4.88 Å². The molecule has 1 atom stereocenters. The van der Waals surface area contributed by atoms with Crippen molar-refractivity contribution in [1.29, 1.82) is 0 Å². The second-order valence-electron chi connectivity index (χ2n) is 4.73. The van der Waals surface area contributed by atoms with Crippen LogP contribution in [0.5, 0.6) is 0 Å². The largest absolute Gasteiger partial charge is 0.353 e. The molecule has 2 aromatic heterocycles. The fourth-order valence-corrected chi connectivity index (χ4v) is 4.00. The molecule has 1 aliphatic rings. The van der Waals surface area contributed by atoms with Crippen LogP contribution < -0.4 is 5.32 Å². The smallest absolute Gasteiger partial charge is 0.274 e. The zero-order valence-electron chi connectivity index (χ0n) is 11.5. The molecule has 1 unspecified atom stereocenters. The van der Waals surface area contributed by atoms with E-state index < -0.39 is 6.04 Å². The number of piperazine rings is 1. The minimum Gasteiger partial charge on any atom is -0.353 e. The highest BCUT2D eigenvalue weighted by Crippen LogP contribution is 2.28. The topological polar surface area (TPSA) is 62.3 Å². The highest BCUT2D eigenvalue weighted by Gasteiger charge is 2.33. The van der Waals surface area contributed by atoms with E-state index in [1.807, 2.05) is 24.4 Å². The third-order valence-electron chi connectivity index (χ3n) is 3.43. The van der Waals surface area contributed by atoms with Crippen LogP contribution in [0.1, 0.15) is 23.8 Å². The first-order chi connectivity index (χ1) is 10.2. The van der Waals surface area contributed by atoms with E-state index in [9.17, 15) is 9.59 Å². The number of carbonyl (C=O) groups excluding carboxylic acids is 2. The van der Waals surface area contributed by atoms with Gasteiger partial charge in [-0.1, -0.05) is 13.0 Å². The summed E-state index contributed by atoms with van der Waals surface area (Å²) in [5, 5.41) is 7.41. The van der Waals surface area contributed by atoms with Crippen LogP contribution in [0.4, 0.5) is 0 Å². The molecule has 2 amide bonds. The third-order valence-corrected chi connectivity index (χ3v) is 5.31. The molecule has 2 aromatic rings. The monoisotopic (exact) mass is 321 g/mol. The summed E-state index contributed by atoms with van der Waals surface area (Å²) >= 11 is 3.06. The van der Waals surface area contributed by atoms with Gasteiger partial charge in [-0.05, 0) is 17.9 Å². The zero-order chi connectivity index (χ0) is 14.8. The quantitative estimate of drug-likeness (QED) is 0.943. The lowest BCUT2D eigenvalue weighted by atomic mass is 10.1. The van der Waals surface area contributed by atoms with Crippen LogP contribution in [-0.2, 0) is 4.79 Å². The van der Waals surface area contributed by atoms with Gasteiger partial charge in [-0.3, -0.25) is 9.59 Å². The Balaban J connectivity index is 1.83. The number of aromatic nitrogens is 1. The molecule has 0 bridgehead atoms. The van der Waals surface area contributed by atoms with E-state index >= 15 is 0 Å². The summed E-state index contributed by atoms with van der Waals surface area (Å²) in [5.74, 6) is -0.235. The molecular weight excluding hydrogens is 306 g/mol. The van der Waals surface area contributed by atoms with E-state index in [0.717, 1.165) is 9.88 Å². The summed E-state index contributed by atoms with van der Waals surface area (Å²) in [4.78, 5) is 31.5. The van der Waals surface area contributed by atoms with Gasteiger partial charge in [0.15, 0.2) is 0 Å². The van der Waals surface area contributed by atoms with E-state index in [1.165, 1.54) is 11.3 Å². The van der Waals surface area contributed by atoms with E-state index in [4.69, 9.17) is 0 Å². The van der Waals surface area contributed by atoms with Crippen molar-refractivity contribution in [3.63, 3.8) is 0 Å². The van der Waals surface area contributed by atoms with Crippen molar-refractivity contribution in [3.05, 3.63) is 28.6 Å². The summed E-state index contributed by atoms with van der Waals surface area (Å²) in [6.45, 7) is 2.95. The molecule has 1 N–H and O–H groups in total. The molecule has 7 heteroatoms. The number of hydrogen-bond acceptors (Lipinski definition) is 5. The number of amides is 2. The molecule has 110 valence electrons. The molecule has 0 saturated carbocycles. The second-order valence-corrected chi connectivity index (χ2v) is 6.53. The predicted molar refractivity (Wildman–Crippen MR) is 83.6 cm³/mol. The molecule has 5 nitrogen and oxygen atoms in total. The van der Waals surface area contributed by atoms with Crippen molar-refractivity contribution >= 4 is 34.5 Å². The normalized spacial score (nSPS) is 18.6. The van der Waals surface area contributed by atoms with Gasteiger partial charge >= 0.3 is 0 Å². The van der Waals surface area contributed by atoms with Crippen LogP contribution in [0.25, 0.3) is 9.88 Å². The molecule has 0 radical (unpaired) electrons. The van der Waals surface area contributed by atoms with Crippen LogP contribution in [0.2, 0.25) is 0 Å². The first kappa shape index (κ1) is 14.2. The second kappa shape index (κ2) is 5.95. The number of thiophene rings is 1. The molecular formula is C14H15N3O2S2. The average molecular weight is 321 g/mol. The number of hydrogen-bond donors (Lipinski definition) is 1. The molecule has 3 rings (SSSR count). The van der Waals surface area contributed by atoms with E-state index in [2.05, 4.69) is 10.3 Å². The van der Waals surface area contributed by atoms with Crippen molar-refractivity contribution in [2.45, 2.75) is 19.4 Å². The molecule has 0 aromatic carbocycles. The van der Waals surface area contributed by atoms with Crippen molar-refractivity contribution < 1.29 is 9.59 Å². The summed E-state index contributed by atoms with van der Waals surface area (Å²) in [5.41, 5.74) is 0.427. The lowest BCUT2D eigenvalue weighted by Gasteiger charge is -2.34. The minimum absolute atomic E-state index is 0.0780. The molecule has 0 aliphatic carbocycles. The molecule has 1 aliphatic heterocycles. The average Bonchev–Trinajstić information content (AvgIpc) is 3.16. The number of nitrogens with zero attached hydrogens (tertiary/aromatic N) is 2. The Morgan fingerprint density at radius 1 is 1.52 bits per heavy atom. The van der Waals surface area contributed by atoms with E-state index in [0.29, 0.717) is 25.2 Å². The van der Waals surface area contributed by atoms with Gasteiger partial charge in [0.25, 0.3) is 5.91 Å². The first-order valence-corrected chi connectivity index (χ1v) is 8.54. The van der Waals surface area contributed by atoms with Crippen molar-refractivity contribution in [2.75, 3.05) is 13.1 Å². The Kier molecular flexibility index (Phi) is 4.03. The van der Waals surface area contributed by atoms with Gasteiger partial charge in [0, 0.05) is 18.5 Å². The van der Waals surface area contributed by atoms with Gasteiger partial charge in [-0.25, -0.2) is 4.98 Å². The Bertz CT molecular complexity index is 651. The number of thiazole rings is 1. The molecule has 0 spiro atoms. The van der Waals surface area contributed by atoms with Crippen LogP contribution >= 0.6 is 22.7 Å². The number of rotatable bonds is 3. The maximum Gasteiger partial charge on any atom is 0.274 e. The highest BCUT2D eigenvalue weighted by atomic mass is 32.1. The molecule has 21 heavy (non-hydrogen) atoms. The SMILES string of the molecule is CCC1C(=O)NCCN1C(=O)c1csc(-c2cccs2)n1. The van der Waals surface area contributed by atoms with Crippen LogP contribution in [0.3, 0.4) is 0 Å². The fourth-order valence-electron chi connectivity index (χ4n) is 2.40. The van der Waals surface area contributed by atoms with Crippen LogP contribution in [0.15, 0.2) is 22.9 Å². The van der Waals surface area contributed by atoms with Crippen molar-refractivity contribution in [2.24, 2.45) is 0 Å². The van der Waals surface area contributed by atoms with Crippen LogP contribution in [-0.4, -0.2) is 40.8 Å². The zero-order valence-corrected chi connectivity index (χ0v) is 13.2. The number of nitrogens with one attached hydrogen (secondary N) is 1. The van der Waals surface area contributed by atoms with Gasteiger partial charge in [-0.2, -0.15) is 0 Å². The third kappa shape index (κ3) is 2.71. The summed E-state index contributed by atoms with van der Waals surface area (Å²) < 4.78 is 0. The standard InChI is InChI=1S/C14H15N3O2S2/c1-2-10-12(18)15-5-6-17(10)14(19)9-8-21-13(16-9)11-4-3-7-20-11/h3-4,7-8,10H,2,5-6H2,1H3,(H,15,18). The Morgan fingerprint density at radius 2 is 2.38 bits per heavy atom. The van der Waals surface area contributed by atoms with Crippen LogP contribution in [0, 0.1) is 0 Å². The maximum atomic E-state index is 12.6. The Labute approximate surface area is 130 Å². The Hall–Kier alpha value is -1.73. The van der Waals surface area contributed by atoms with E-state index in [1.54, 1.807) is 21.6 Å². The van der Waals surface area contributed by atoms with Crippen molar-refractivity contribution in [1.82, 2.24) is 15.2 Å². The van der Waals surface area contributed by atoms with Gasteiger partial charge in [-0.15, -0.1) is 22.7 Å². The van der Waals surface area contributed by atoms with Gasteiger partial charge < -0.3 is 10.2 Å². The predicted octanol–water partition coefficient (Wildman–Crippen LogP) is 2.22. The Morgan fingerprint density at radius 3 is 3.10 bits per heavy atom. The van der Waals surface area contributed by atoms with Gasteiger partial charge in [0.1, 0.15) is 16.7 Å². The summed E-state index contributed by atoms with van der Waals surface area (Å²) in [7, 11) is 0. The van der Waals surface area contributed by atoms with Crippen molar-refractivity contribution in [3.8, 4) is 9.88 Å². The molecule has 1 fully saturated rings. The summed E-state index contributed by atoms with van der Waals surface area (Å²) in [6.07, 6.45) is 0.611. The summed E-state index contributed by atoms with van der Waals surface area (Å²) in [6, 6.07) is 3.56. The van der Waals surface area contributed by atoms with E-state index in [-0.39, 0.29) is 11.8 Å². The first-order valence-electron chi connectivity index (χ1n) is 6.78. The molecule has 1 saturated heterocycles.